The molecule has 0 aromatic heterocycles. The summed E-state index contributed by atoms with van der Waals surface area (Å²) in [7, 11) is 0. The number of rotatable bonds is 9. The largest absolute Gasteiger partial charge is 0.465 e. The van der Waals surface area contributed by atoms with E-state index in [1.807, 2.05) is 24.3 Å². The zero-order chi connectivity index (χ0) is 19.8. The molecule has 2 fully saturated rings. The van der Waals surface area contributed by atoms with Crippen molar-refractivity contribution in [2.75, 3.05) is 59.0 Å². The molecular weight excluding hydrogens is 360 g/mol. The van der Waals surface area contributed by atoms with Crippen LogP contribution in [0.4, 0.5) is 4.79 Å². The molecule has 2 aliphatic rings. The summed E-state index contributed by atoms with van der Waals surface area (Å²) >= 11 is 0. The first-order chi connectivity index (χ1) is 13.6. The molecule has 28 heavy (non-hydrogen) atoms. The van der Waals surface area contributed by atoms with Gasteiger partial charge in [0, 0.05) is 45.8 Å². The van der Waals surface area contributed by atoms with Crippen LogP contribution in [0.2, 0.25) is 0 Å². The minimum Gasteiger partial charge on any atom is -0.465 e. The molecular formula is C20H28N4O4. The second-order valence-electron chi connectivity index (χ2n) is 7.30. The summed E-state index contributed by atoms with van der Waals surface area (Å²) in [5, 5.41) is 19.9. The third kappa shape index (κ3) is 6.46. The number of hydrogen-bond donors (Lipinski definition) is 2. The lowest BCUT2D eigenvalue weighted by atomic mass is 10.1. The van der Waals surface area contributed by atoms with Gasteiger partial charge < -0.3 is 19.9 Å². The molecule has 2 unspecified atom stereocenters. The quantitative estimate of drug-likeness (QED) is 0.603. The third-order valence-corrected chi connectivity index (χ3v) is 5.11. The van der Waals surface area contributed by atoms with E-state index in [-0.39, 0.29) is 12.2 Å². The van der Waals surface area contributed by atoms with E-state index in [2.05, 4.69) is 21.2 Å². The Morgan fingerprint density at radius 2 is 1.79 bits per heavy atom. The van der Waals surface area contributed by atoms with Gasteiger partial charge in [-0.1, -0.05) is 12.1 Å². The Morgan fingerprint density at radius 1 is 1.14 bits per heavy atom. The van der Waals surface area contributed by atoms with Gasteiger partial charge in [0.1, 0.15) is 0 Å². The number of ether oxygens (including phenoxy) is 2. The van der Waals surface area contributed by atoms with Crippen molar-refractivity contribution in [3.63, 3.8) is 0 Å². The molecule has 0 spiro atoms. The Labute approximate surface area is 165 Å². The highest BCUT2D eigenvalue weighted by Crippen LogP contribution is 2.18. The summed E-state index contributed by atoms with van der Waals surface area (Å²) < 4.78 is 11.8. The molecule has 0 radical (unpaired) electrons. The molecule has 1 aromatic carbocycles. The van der Waals surface area contributed by atoms with Crippen molar-refractivity contribution in [1.82, 2.24) is 15.1 Å². The Hall–Kier alpha value is -2.18. The zero-order valence-electron chi connectivity index (χ0n) is 16.0. The normalized spacial score (nSPS) is 22.5. The van der Waals surface area contributed by atoms with Gasteiger partial charge in [0.15, 0.2) is 0 Å². The number of benzene rings is 1. The molecule has 0 aliphatic carbocycles. The van der Waals surface area contributed by atoms with E-state index in [1.54, 1.807) is 0 Å². The number of nitrogens with zero attached hydrogens (tertiary/aromatic N) is 3. The molecule has 1 aromatic rings. The van der Waals surface area contributed by atoms with Gasteiger partial charge in [0.25, 0.3) is 0 Å². The van der Waals surface area contributed by atoms with Crippen molar-refractivity contribution in [3.05, 3.63) is 35.4 Å². The van der Waals surface area contributed by atoms with Crippen LogP contribution in [0.1, 0.15) is 11.1 Å². The number of fused-ring (bicyclic) bond motifs is 2. The summed E-state index contributed by atoms with van der Waals surface area (Å²) in [5.74, 6) is 0. The van der Waals surface area contributed by atoms with E-state index in [4.69, 9.17) is 19.8 Å². The monoisotopic (exact) mass is 388 g/mol. The smallest absolute Gasteiger partial charge is 0.404 e. The average Bonchev–Trinajstić information content (AvgIpc) is 2.67. The molecule has 2 saturated heterocycles. The lowest BCUT2D eigenvalue weighted by Crippen LogP contribution is -2.60. The molecule has 3 rings (SSSR count). The van der Waals surface area contributed by atoms with Crippen LogP contribution >= 0.6 is 0 Å². The standard InChI is InChI=1S/C20H28N4O4/c21-11-17-3-1-16(2-4-17)5-9-27-10-8-24-14-18-12-23(7-6-22-20(25)26)13-19(15-24)28-18/h1-4,18-19,22H,5-10,12-15H2,(H,25,26). The maximum atomic E-state index is 10.5. The van der Waals surface area contributed by atoms with E-state index >= 15 is 0 Å². The zero-order valence-corrected chi connectivity index (χ0v) is 16.0. The molecule has 2 N–H and O–H groups in total. The first-order valence-electron chi connectivity index (χ1n) is 9.76. The van der Waals surface area contributed by atoms with Gasteiger partial charge in [-0.2, -0.15) is 5.26 Å². The Balaban J connectivity index is 1.29. The van der Waals surface area contributed by atoms with E-state index < -0.39 is 6.09 Å². The Morgan fingerprint density at radius 3 is 2.39 bits per heavy atom. The maximum Gasteiger partial charge on any atom is 0.404 e. The van der Waals surface area contributed by atoms with Crippen LogP contribution in [-0.4, -0.2) is 92.2 Å². The van der Waals surface area contributed by atoms with E-state index in [0.717, 1.165) is 45.7 Å². The van der Waals surface area contributed by atoms with Crippen LogP contribution in [-0.2, 0) is 15.9 Å². The van der Waals surface area contributed by atoms with Gasteiger partial charge in [-0.3, -0.25) is 9.80 Å². The fraction of sp³-hybridized carbons (Fsp3) is 0.600. The van der Waals surface area contributed by atoms with Gasteiger partial charge in [-0.25, -0.2) is 4.79 Å². The molecule has 8 heteroatoms. The minimum atomic E-state index is -0.973. The van der Waals surface area contributed by atoms with Crippen LogP contribution in [0, 0.1) is 11.3 Å². The minimum absolute atomic E-state index is 0.177. The van der Waals surface area contributed by atoms with Gasteiger partial charge in [-0.15, -0.1) is 0 Å². The average molecular weight is 388 g/mol. The van der Waals surface area contributed by atoms with Crippen LogP contribution in [0.5, 0.6) is 0 Å². The van der Waals surface area contributed by atoms with Crippen LogP contribution in [0.3, 0.4) is 0 Å². The van der Waals surface area contributed by atoms with Gasteiger partial charge in [0.05, 0.1) is 37.1 Å². The number of carboxylic acid groups (broad SMARTS) is 1. The van der Waals surface area contributed by atoms with Crippen molar-refractivity contribution in [1.29, 1.82) is 5.26 Å². The molecule has 2 atom stereocenters. The predicted octanol–water partition coefficient (Wildman–Crippen LogP) is 0.770. The van der Waals surface area contributed by atoms with Crippen LogP contribution < -0.4 is 5.32 Å². The number of morpholine rings is 2. The number of amides is 1. The van der Waals surface area contributed by atoms with Crippen LogP contribution in [0.25, 0.3) is 0 Å². The summed E-state index contributed by atoms with van der Waals surface area (Å²) in [6.07, 6.45) is 0.227. The molecule has 2 aliphatic heterocycles. The Kier molecular flexibility index (Phi) is 7.62. The predicted molar refractivity (Wildman–Crippen MR) is 103 cm³/mol. The molecule has 0 saturated carbocycles. The second kappa shape index (κ2) is 10.4. The highest BCUT2D eigenvalue weighted by molar-refractivity contribution is 5.64. The maximum absolute atomic E-state index is 10.5. The highest BCUT2D eigenvalue weighted by Gasteiger charge is 2.34. The molecule has 1 amide bonds. The molecule has 8 nitrogen and oxygen atoms in total. The van der Waals surface area contributed by atoms with Crippen molar-refractivity contribution < 1.29 is 19.4 Å². The van der Waals surface area contributed by atoms with Crippen molar-refractivity contribution >= 4 is 6.09 Å². The van der Waals surface area contributed by atoms with Crippen molar-refractivity contribution in [2.24, 2.45) is 0 Å². The number of carbonyl (C=O) groups is 1. The lowest BCUT2D eigenvalue weighted by molar-refractivity contribution is -0.140. The SMILES string of the molecule is N#Cc1ccc(CCOCCN2CC3CN(CCNC(=O)O)CC(C2)O3)cc1. The molecule has 2 bridgehead atoms. The molecule has 2 heterocycles. The van der Waals surface area contributed by atoms with Gasteiger partial charge >= 0.3 is 6.09 Å². The fourth-order valence-electron chi connectivity index (χ4n) is 3.78. The van der Waals surface area contributed by atoms with E-state index in [9.17, 15) is 4.79 Å². The first kappa shape index (κ1) is 20.6. The fourth-order valence-corrected chi connectivity index (χ4v) is 3.78. The lowest BCUT2D eigenvalue weighted by Gasteiger charge is -2.45. The van der Waals surface area contributed by atoms with E-state index in [0.29, 0.717) is 25.3 Å². The van der Waals surface area contributed by atoms with Gasteiger partial charge in [-0.05, 0) is 24.1 Å². The summed E-state index contributed by atoms with van der Waals surface area (Å²) in [4.78, 5) is 15.2. The number of nitriles is 1. The van der Waals surface area contributed by atoms with Gasteiger partial charge in [0.2, 0.25) is 0 Å². The van der Waals surface area contributed by atoms with Crippen molar-refractivity contribution in [3.8, 4) is 6.07 Å². The summed E-state index contributed by atoms with van der Waals surface area (Å²) in [6, 6.07) is 9.75. The van der Waals surface area contributed by atoms with Crippen LogP contribution in [0.15, 0.2) is 24.3 Å². The number of hydrogen-bond acceptors (Lipinski definition) is 6. The summed E-state index contributed by atoms with van der Waals surface area (Å²) in [5.41, 5.74) is 1.86. The first-order valence-corrected chi connectivity index (χ1v) is 9.76. The summed E-state index contributed by atoms with van der Waals surface area (Å²) in [6.45, 7) is 6.89. The second-order valence-corrected chi connectivity index (χ2v) is 7.30. The molecule has 152 valence electrons. The topological polar surface area (TPSA) is 98.1 Å². The third-order valence-electron chi connectivity index (χ3n) is 5.11. The number of nitrogens with one attached hydrogen (secondary N) is 1. The van der Waals surface area contributed by atoms with Crippen molar-refractivity contribution in [2.45, 2.75) is 18.6 Å². The van der Waals surface area contributed by atoms with E-state index in [1.165, 1.54) is 5.56 Å². The Bertz CT molecular complexity index is 662. The highest BCUT2D eigenvalue weighted by atomic mass is 16.5.